The summed E-state index contributed by atoms with van der Waals surface area (Å²) < 4.78 is 0. The molecule has 4 heteroatoms. The van der Waals surface area contributed by atoms with Crippen molar-refractivity contribution < 1.29 is 9.59 Å². The standard InChI is InChI=1S/C20H22N2O2/c1-10-3-4-11(2)16(7-10)21-9-22-19(23)17-12-5-6-13(15-8-14(12)15)18(17)20(22)24/h3-7,12-15,17-18,21H,8-9H2,1-2H3/t12-,13+,14-,15-,17+,18-/m1/s1. The quantitative estimate of drug-likeness (QED) is 0.688. The Bertz CT molecular complexity index is 748. The summed E-state index contributed by atoms with van der Waals surface area (Å²) >= 11 is 0. The number of imide groups is 1. The Morgan fingerprint density at radius 1 is 1.04 bits per heavy atom. The zero-order valence-corrected chi connectivity index (χ0v) is 14.0. The van der Waals surface area contributed by atoms with Crippen LogP contribution in [0.25, 0.3) is 0 Å². The summed E-state index contributed by atoms with van der Waals surface area (Å²) in [5, 5.41) is 3.30. The van der Waals surface area contributed by atoms with E-state index in [1.54, 1.807) is 0 Å². The molecule has 1 aromatic rings. The first-order valence-electron chi connectivity index (χ1n) is 8.91. The molecule has 3 fully saturated rings. The van der Waals surface area contributed by atoms with Gasteiger partial charge < -0.3 is 5.32 Å². The first-order valence-corrected chi connectivity index (χ1v) is 8.91. The molecule has 6 atom stereocenters. The van der Waals surface area contributed by atoms with Gasteiger partial charge in [0.15, 0.2) is 0 Å². The minimum atomic E-state index is -0.100. The number of anilines is 1. The van der Waals surface area contributed by atoms with Crippen LogP contribution in [0.1, 0.15) is 17.5 Å². The lowest BCUT2D eigenvalue weighted by atomic mass is 9.63. The van der Waals surface area contributed by atoms with Crippen molar-refractivity contribution in [3.63, 3.8) is 0 Å². The van der Waals surface area contributed by atoms with Gasteiger partial charge in [0.25, 0.3) is 0 Å². The fourth-order valence-corrected chi connectivity index (χ4v) is 5.27. The topological polar surface area (TPSA) is 49.4 Å². The molecule has 0 aromatic heterocycles. The Morgan fingerprint density at radius 2 is 1.67 bits per heavy atom. The van der Waals surface area contributed by atoms with Gasteiger partial charge in [-0.15, -0.1) is 0 Å². The van der Waals surface area contributed by atoms with Crippen LogP contribution < -0.4 is 5.32 Å². The molecule has 2 saturated carbocycles. The Kier molecular flexibility index (Phi) is 2.80. The number of hydrogen-bond donors (Lipinski definition) is 1. The van der Waals surface area contributed by atoms with E-state index in [-0.39, 0.29) is 30.3 Å². The van der Waals surface area contributed by atoms with Crippen LogP contribution in [-0.4, -0.2) is 23.4 Å². The Hall–Kier alpha value is -2.10. The van der Waals surface area contributed by atoms with Crippen molar-refractivity contribution in [1.82, 2.24) is 4.90 Å². The van der Waals surface area contributed by atoms with Crippen molar-refractivity contribution in [3.05, 3.63) is 41.5 Å². The van der Waals surface area contributed by atoms with Gasteiger partial charge >= 0.3 is 0 Å². The van der Waals surface area contributed by atoms with E-state index in [4.69, 9.17) is 0 Å². The van der Waals surface area contributed by atoms with Crippen LogP contribution in [-0.2, 0) is 9.59 Å². The second-order valence-corrected chi connectivity index (χ2v) is 7.91. The number of allylic oxidation sites excluding steroid dienone is 2. The molecule has 24 heavy (non-hydrogen) atoms. The van der Waals surface area contributed by atoms with Gasteiger partial charge in [0.1, 0.15) is 0 Å². The lowest BCUT2D eigenvalue weighted by Gasteiger charge is -2.37. The van der Waals surface area contributed by atoms with Crippen molar-refractivity contribution in [3.8, 4) is 0 Å². The second-order valence-electron chi connectivity index (χ2n) is 7.91. The molecule has 124 valence electrons. The summed E-state index contributed by atoms with van der Waals surface area (Å²) in [5.41, 5.74) is 3.28. The predicted molar refractivity (Wildman–Crippen MR) is 91.0 cm³/mol. The van der Waals surface area contributed by atoms with E-state index in [0.717, 1.165) is 16.8 Å². The number of nitrogens with one attached hydrogen (secondary N) is 1. The molecule has 6 rings (SSSR count). The van der Waals surface area contributed by atoms with E-state index in [1.165, 1.54) is 11.3 Å². The third-order valence-corrected chi connectivity index (χ3v) is 6.57. The number of rotatable bonds is 3. The van der Waals surface area contributed by atoms with Gasteiger partial charge in [0.2, 0.25) is 11.8 Å². The van der Waals surface area contributed by atoms with E-state index in [0.29, 0.717) is 23.7 Å². The summed E-state index contributed by atoms with van der Waals surface area (Å²) in [4.78, 5) is 27.3. The number of amides is 2. The van der Waals surface area contributed by atoms with Gasteiger partial charge in [-0.1, -0.05) is 24.3 Å². The Balaban J connectivity index is 1.38. The van der Waals surface area contributed by atoms with Crippen LogP contribution in [0.5, 0.6) is 0 Å². The minimum absolute atomic E-state index is 0.0347. The maximum absolute atomic E-state index is 12.9. The number of aryl methyl sites for hydroxylation is 2. The van der Waals surface area contributed by atoms with E-state index >= 15 is 0 Å². The average Bonchev–Trinajstić information content (AvgIpc) is 3.35. The molecule has 1 aromatic carbocycles. The van der Waals surface area contributed by atoms with Gasteiger partial charge in [-0.2, -0.15) is 0 Å². The van der Waals surface area contributed by atoms with Crippen molar-refractivity contribution in [2.45, 2.75) is 20.3 Å². The van der Waals surface area contributed by atoms with E-state index in [2.05, 4.69) is 35.7 Å². The molecule has 2 amide bonds. The zero-order valence-electron chi connectivity index (χ0n) is 14.0. The molecule has 5 aliphatic rings. The monoisotopic (exact) mass is 322 g/mol. The third kappa shape index (κ3) is 1.80. The zero-order chi connectivity index (χ0) is 16.6. The summed E-state index contributed by atoms with van der Waals surface area (Å²) in [6.07, 6.45) is 5.64. The predicted octanol–water partition coefficient (Wildman–Crippen LogP) is 2.73. The molecule has 1 saturated heterocycles. The lowest BCUT2D eigenvalue weighted by Crippen LogP contribution is -2.40. The first-order chi connectivity index (χ1) is 11.6. The van der Waals surface area contributed by atoms with Gasteiger partial charge in [0, 0.05) is 5.69 Å². The fraction of sp³-hybridized carbons (Fsp3) is 0.500. The fourth-order valence-electron chi connectivity index (χ4n) is 5.27. The van der Waals surface area contributed by atoms with Crippen LogP contribution >= 0.6 is 0 Å². The molecular formula is C20H22N2O2. The molecule has 1 heterocycles. The van der Waals surface area contributed by atoms with Crippen LogP contribution in [0.2, 0.25) is 0 Å². The average molecular weight is 322 g/mol. The molecule has 0 spiro atoms. The minimum Gasteiger partial charge on any atom is -0.367 e. The SMILES string of the molecule is Cc1ccc(C)c(NCN2C(=O)[C@@H]3[C@H]4C=C[C@H]([C@H]5C[C@H]45)[C@@H]3C2=O)c1. The summed E-state index contributed by atoms with van der Waals surface area (Å²) in [6.45, 7) is 4.36. The highest BCUT2D eigenvalue weighted by atomic mass is 16.2. The number of hydrogen-bond acceptors (Lipinski definition) is 3. The van der Waals surface area contributed by atoms with Gasteiger partial charge in [0.05, 0.1) is 18.5 Å². The van der Waals surface area contributed by atoms with Gasteiger partial charge in [-0.25, -0.2) is 0 Å². The normalized spacial score (nSPS) is 38.3. The highest BCUT2D eigenvalue weighted by Crippen LogP contribution is 2.65. The maximum Gasteiger partial charge on any atom is 0.235 e. The van der Waals surface area contributed by atoms with Crippen LogP contribution in [0, 0.1) is 49.4 Å². The van der Waals surface area contributed by atoms with Crippen molar-refractivity contribution in [2.75, 3.05) is 12.0 Å². The van der Waals surface area contributed by atoms with Gasteiger partial charge in [-0.05, 0) is 61.1 Å². The van der Waals surface area contributed by atoms with Gasteiger partial charge in [-0.3, -0.25) is 14.5 Å². The molecule has 2 bridgehead atoms. The smallest absolute Gasteiger partial charge is 0.235 e. The first kappa shape index (κ1) is 14.3. The highest BCUT2D eigenvalue weighted by Gasteiger charge is 2.66. The molecule has 1 N–H and O–H groups in total. The second kappa shape index (κ2) is 4.71. The molecule has 4 aliphatic carbocycles. The highest BCUT2D eigenvalue weighted by molar-refractivity contribution is 6.06. The molecule has 0 unspecified atom stereocenters. The number of benzene rings is 1. The molecule has 1 aliphatic heterocycles. The number of nitrogens with zero attached hydrogens (tertiary/aromatic N) is 1. The number of carbonyl (C=O) groups excluding carboxylic acids is 2. The summed E-state index contributed by atoms with van der Waals surface area (Å²) in [6, 6.07) is 6.19. The largest absolute Gasteiger partial charge is 0.367 e. The summed E-state index contributed by atoms with van der Waals surface area (Å²) in [5.74, 6) is 1.78. The Labute approximate surface area is 141 Å². The molecular weight excluding hydrogens is 300 g/mol. The molecule has 0 radical (unpaired) electrons. The number of carbonyl (C=O) groups is 2. The maximum atomic E-state index is 12.9. The van der Waals surface area contributed by atoms with Crippen molar-refractivity contribution in [2.24, 2.45) is 35.5 Å². The Morgan fingerprint density at radius 3 is 2.29 bits per heavy atom. The summed E-state index contributed by atoms with van der Waals surface area (Å²) in [7, 11) is 0. The van der Waals surface area contributed by atoms with E-state index in [9.17, 15) is 9.59 Å². The lowest BCUT2D eigenvalue weighted by molar-refractivity contribution is -0.139. The third-order valence-electron chi connectivity index (χ3n) is 6.57. The molecule has 4 nitrogen and oxygen atoms in total. The van der Waals surface area contributed by atoms with Crippen LogP contribution in [0.15, 0.2) is 30.4 Å². The van der Waals surface area contributed by atoms with Crippen LogP contribution in [0.3, 0.4) is 0 Å². The van der Waals surface area contributed by atoms with E-state index < -0.39 is 0 Å². The van der Waals surface area contributed by atoms with Crippen molar-refractivity contribution >= 4 is 17.5 Å². The van der Waals surface area contributed by atoms with Crippen molar-refractivity contribution in [1.29, 1.82) is 0 Å². The van der Waals surface area contributed by atoms with E-state index in [1.807, 2.05) is 13.8 Å². The van der Waals surface area contributed by atoms with Crippen LogP contribution in [0.4, 0.5) is 5.69 Å². The number of likely N-dealkylation sites (tertiary alicyclic amines) is 1.